The lowest BCUT2D eigenvalue weighted by Gasteiger charge is -2.26. The van der Waals surface area contributed by atoms with Gasteiger partial charge in [0.15, 0.2) is 6.61 Å². The van der Waals surface area contributed by atoms with Crippen molar-refractivity contribution in [2.24, 2.45) is 0 Å². The van der Waals surface area contributed by atoms with E-state index in [4.69, 9.17) is 9.47 Å². The zero-order chi connectivity index (χ0) is 23.6. The van der Waals surface area contributed by atoms with Gasteiger partial charge in [0.2, 0.25) is 10.0 Å². The Balaban J connectivity index is 1.47. The van der Waals surface area contributed by atoms with Crippen molar-refractivity contribution in [1.29, 1.82) is 0 Å². The Morgan fingerprint density at radius 2 is 1.76 bits per heavy atom. The molecule has 3 N–H and O–H groups in total. The molecule has 0 saturated carbocycles. The van der Waals surface area contributed by atoms with Gasteiger partial charge < -0.3 is 14.8 Å². The number of nitrogens with zero attached hydrogens (tertiary/aromatic N) is 1. The number of morpholine rings is 1. The van der Waals surface area contributed by atoms with E-state index in [9.17, 15) is 26.4 Å². The molecular weight excluding hydrogens is 476 g/mol. The molecule has 0 bridgehead atoms. The van der Waals surface area contributed by atoms with Crippen LogP contribution >= 0.6 is 0 Å². The SMILES string of the molecule is O=C1COc2ccc(S(=O)(=O)NNC(=O)c3cccc(S(=O)(=O)N4CCOCC4)c3)cc2N1. The monoisotopic (exact) mass is 496 g/mol. The molecule has 2 aromatic rings. The highest BCUT2D eigenvalue weighted by Gasteiger charge is 2.27. The average Bonchev–Trinajstić information content (AvgIpc) is 2.82. The largest absolute Gasteiger partial charge is 0.482 e. The predicted octanol–water partition coefficient (Wildman–Crippen LogP) is -0.338. The molecule has 1 fully saturated rings. The van der Waals surface area contributed by atoms with Gasteiger partial charge in [-0.1, -0.05) is 6.07 Å². The Morgan fingerprint density at radius 3 is 2.52 bits per heavy atom. The van der Waals surface area contributed by atoms with Gasteiger partial charge in [-0.05, 0) is 36.4 Å². The van der Waals surface area contributed by atoms with E-state index in [1.54, 1.807) is 0 Å². The average molecular weight is 497 g/mol. The number of sulfonamides is 2. The van der Waals surface area contributed by atoms with E-state index in [-0.39, 0.29) is 54.0 Å². The van der Waals surface area contributed by atoms with Crippen molar-refractivity contribution in [2.45, 2.75) is 9.79 Å². The highest BCUT2D eigenvalue weighted by atomic mass is 32.2. The number of hydrogen-bond donors (Lipinski definition) is 3. The molecule has 2 amide bonds. The summed E-state index contributed by atoms with van der Waals surface area (Å²) < 4.78 is 62.3. The molecule has 12 nitrogen and oxygen atoms in total. The summed E-state index contributed by atoms with van der Waals surface area (Å²) in [6, 6.07) is 9.09. The summed E-state index contributed by atoms with van der Waals surface area (Å²) in [6.45, 7) is 0.781. The number of rotatable bonds is 6. The first kappa shape index (κ1) is 23.1. The number of carbonyl (C=O) groups excluding carboxylic acids is 2. The number of anilines is 1. The van der Waals surface area contributed by atoms with E-state index in [0.29, 0.717) is 5.75 Å². The Morgan fingerprint density at radius 1 is 1.00 bits per heavy atom. The number of hydrogen-bond acceptors (Lipinski definition) is 8. The van der Waals surface area contributed by atoms with Gasteiger partial charge in [-0.2, -0.15) is 4.31 Å². The second-order valence-corrected chi connectivity index (χ2v) is 10.7. The van der Waals surface area contributed by atoms with E-state index >= 15 is 0 Å². The number of hydrazine groups is 1. The molecule has 0 aromatic heterocycles. The molecule has 0 aliphatic carbocycles. The van der Waals surface area contributed by atoms with Crippen LogP contribution in [0, 0.1) is 0 Å². The molecule has 2 aromatic carbocycles. The number of nitrogens with one attached hydrogen (secondary N) is 3. The maximum Gasteiger partial charge on any atom is 0.266 e. The van der Waals surface area contributed by atoms with Gasteiger partial charge in [-0.3, -0.25) is 15.0 Å². The van der Waals surface area contributed by atoms with E-state index in [1.807, 2.05) is 4.83 Å². The van der Waals surface area contributed by atoms with Crippen molar-refractivity contribution in [1.82, 2.24) is 14.6 Å². The number of benzene rings is 2. The van der Waals surface area contributed by atoms with Crippen molar-refractivity contribution >= 4 is 37.5 Å². The second-order valence-electron chi connectivity index (χ2n) is 7.10. The van der Waals surface area contributed by atoms with Crippen LogP contribution in [0.25, 0.3) is 0 Å². The fourth-order valence-electron chi connectivity index (χ4n) is 3.21. The summed E-state index contributed by atoms with van der Waals surface area (Å²) in [5.74, 6) is -0.965. The van der Waals surface area contributed by atoms with E-state index in [1.165, 1.54) is 46.8 Å². The predicted molar refractivity (Wildman–Crippen MR) is 114 cm³/mol. The Labute approximate surface area is 189 Å². The van der Waals surface area contributed by atoms with Gasteiger partial charge in [0.25, 0.3) is 21.8 Å². The van der Waals surface area contributed by atoms with Crippen LogP contribution in [0.3, 0.4) is 0 Å². The van der Waals surface area contributed by atoms with E-state index < -0.39 is 31.9 Å². The van der Waals surface area contributed by atoms with Crippen LogP contribution in [-0.4, -0.2) is 65.9 Å². The molecule has 2 heterocycles. The minimum Gasteiger partial charge on any atom is -0.482 e. The lowest BCUT2D eigenvalue weighted by molar-refractivity contribution is -0.118. The van der Waals surface area contributed by atoms with Crippen molar-refractivity contribution in [2.75, 3.05) is 38.2 Å². The summed E-state index contributed by atoms with van der Waals surface area (Å²) >= 11 is 0. The lowest BCUT2D eigenvalue weighted by Crippen LogP contribution is -2.42. The summed E-state index contributed by atoms with van der Waals surface area (Å²) in [5.41, 5.74) is 2.19. The molecular formula is C19H20N4O8S2. The van der Waals surface area contributed by atoms with Crippen molar-refractivity contribution in [3.05, 3.63) is 48.0 Å². The fraction of sp³-hybridized carbons (Fsp3) is 0.263. The zero-order valence-corrected chi connectivity index (χ0v) is 18.7. The molecule has 2 aliphatic heterocycles. The number of carbonyl (C=O) groups is 2. The van der Waals surface area contributed by atoms with E-state index in [2.05, 4.69) is 10.7 Å². The Bertz CT molecular complexity index is 1300. The van der Waals surface area contributed by atoms with Gasteiger partial charge in [0.05, 0.1) is 28.7 Å². The van der Waals surface area contributed by atoms with Gasteiger partial charge >= 0.3 is 0 Å². The van der Waals surface area contributed by atoms with Gasteiger partial charge in [-0.25, -0.2) is 16.8 Å². The highest BCUT2D eigenvalue weighted by Crippen LogP contribution is 2.29. The summed E-state index contributed by atoms with van der Waals surface area (Å²) in [6.07, 6.45) is 0. The third kappa shape index (κ3) is 4.99. The smallest absolute Gasteiger partial charge is 0.266 e. The van der Waals surface area contributed by atoms with Crippen molar-refractivity contribution < 1.29 is 35.9 Å². The van der Waals surface area contributed by atoms with Crippen LogP contribution in [0.5, 0.6) is 5.75 Å². The second kappa shape index (κ2) is 9.07. The van der Waals surface area contributed by atoms with Crippen LogP contribution < -0.4 is 20.3 Å². The molecule has 0 unspecified atom stereocenters. The first-order chi connectivity index (χ1) is 15.7. The van der Waals surface area contributed by atoms with Crippen LogP contribution in [-0.2, 0) is 29.6 Å². The molecule has 0 atom stereocenters. The first-order valence-corrected chi connectivity index (χ1v) is 12.7. The lowest BCUT2D eigenvalue weighted by atomic mass is 10.2. The van der Waals surface area contributed by atoms with Gasteiger partial charge in [0.1, 0.15) is 5.75 Å². The Kier molecular flexibility index (Phi) is 6.36. The normalized spacial score (nSPS) is 16.9. The number of amides is 2. The zero-order valence-electron chi connectivity index (χ0n) is 17.1. The van der Waals surface area contributed by atoms with Gasteiger partial charge in [-0.15, -0.1) is 4.83 Å². The van der Waals surface area contributed by atoms with E-state index in [0.717, 1.165) is 0 Å². The van der Waals surface area contributed by atoms with Crippen LogP contribution in [0.2, 0.25) is 0 Å². The van der Waals surface area contributed by atoms with Gasteiger partial charge in [0, 0.05) is 18.7 Å². The molecule has 4 rings (SSSR count). The standard InChI is InChI=1S/C19H20N4O8S2/c24-18-12-31-17-5-4-14(11-16(17)20-18)32(26,27)22-21-19(25)13-2-1-3-15(10-13)33(28,29)23-6-8-30-9-7-23/h1-5,10-11,22H,6-9,12H2,(H,20,24)(H,21,25). The number of ether oxygens (including phenoxy) is 2. The summed E-state index contributed by atoms with van der Waals surface area (Å²) in [5, 5.41) is 2.50. The van der Waals surface area contributed by atoms with Crippen LogP contribution in [0.15, 0.2) is 52.3 Å². The first-order valence-electron chi connectivity index (χ1n) is 9.74. The maximum absolute atomic E-state index is 12.8. The summed E-state index contributed by atoms with van der Waals surface area (Å²) in [7, 11) is -8.03. The molecule has 0 radical (unpaired) electrons. The molecule has 33 heavy (non-hydrogen) atoms. The molecule has 176 valence electrons. The number of fused-ring (bicyclic) bond motifs is 1. The quantitative estimate of drug-likeness (QED) is 0.458. The van der Waals surface area contributed by atoms with Crippen LogP contribution in [0.1, 0.15) is 10.4 Å². The van der Waals surface area contributed by atoms with Crippen molar-refractivity contribution in [3.8, 4) is 5.75 Å². The molecule has 0 spiro atoms. The minimum absolute atomic E-state index is 0.0573. The fourth-order valence-corrected chi connectivity index (χ4v) is 5.53. The topological polar surface area (TPSA) is 160 Å². The third-order valence-corrected chi connectivity index (χ3v) is 8.04. The third-order valence-electron chi connectivity index (χ3n) is 4.90. The van der Waals surface area contributed by atoms with Crippen LogP contribution in [0.4, 0.5) is 5.69 Å². The molecule has 2 aliphatic rings. The Hall–Kier alpha value is -3.04. The minimum atomic E-state index is -4.20. The summed E-state index contributed by atoms with van der Waals surface area (Å²) in [4.78, 5) is 25.6. The maximum atomic E-state index is 12.8. The molecule has 14 heteroatoms. The van der Waals surface area contributed by atoms with Crippen molar-refractivity contribution in [3.63, 3.8) is 0 Å². The highest BCUT2D eigenvalue weighted by molar-refractivity contribution is 7.89. The molecule has 1 saturated heterocycles.